The van der Waals surface area contributed by atoms with Gasteiger partial charge in [-0.3, -0.25) is 0 Å². The molecule has 0 radical (unpaired) electrons. The van der Waals surface area contributed by atoms with Crippen LogP contribution in [0.5, 0.6) is 0 Å². The van der Waals surface area contributed by atoms with Crippen molar-refractivity contribution >= 4 is 0 Å². The number of hydrogen-bond donors (Lipinski definition) is 1. The molecule has 1 unspecified atom stereocenters. The van der Waals surface area contributed by atoms with Crippen LogP contribution >= 0.6 is 0 Å². The summed E-state index contributed by atoms with van der Waals surface area (Å²) < 4.78 is 0. The Balaban J connectivity index is 1.80. The highest BCUT2D eigenvalue weighted by Gasteiger charge is 2.31. The van der Waals surface area contributed by atoms with Crippen molar-refractivity contribution in [2.24, 2.45) is 0 Å². The van der Waals surface area contributed by atoms with Crippen LogP contribution in [0.2, 0.25) is 0 Å². The topological polar surface area (TPSA) is 20.2 Å². The minimum atomic E-state index is -0.580. The van der Waals surface area contributed by atoms with E-state index in [2.05, 4.69) is 55.5 Å². The largest absolute Gasteiger partial charge is 0.389 e. The van der Waals surface area contributed by atoms with E-state index in [0.717, 1.165) is 25.7 Å². The van der Waals surface area contributed by atoms with Crippen molar-refractivity contribution in [2.45, 2.75) is 38.2 Å². The monoisotopic (exact) mass is 252 g/mol. The first-order valence-electron chi connectivity index (χ1n) is 6.99. The van der Waals surface area contributed by atoms with Gasteiger partial charge in [-0.15, -0.1) is 0 Å². The molecule has 0 heterocycles. The van der Waals surface area contributed by atoms with E-state index < -0.39 is 5.60 Å². The van der Waals surface area contributed by atoms with E-state index >= 15 is 0 Å². The van der Waals surface area contributed by atoms with Crippen molar-refractivity contribution in [3.63, 3.8) is 0 Å². The van der Waals surface area contributed by atoms with Crippen LogP contribution < -0.4 is 0 Å². The molecule has 0 fully saturated rings. The van der Waals surface area contributed by atoms with Gasteiger partial charge in [-0.1, -0.05) is 54.1 Å². The van der Waals surface area contributed by atoms with Crippen LogP contribution in [0, 0.1) is 6.92 Å². The van der Waals surface area contributed by atoms with Gasteiger partial charge in [-0.2, -0.15) is 0 Å². The van der Waals surface area contributed by atoms with E-state index in [0.29, 0.717) is 0 Å². The summed E-state index contributed by atoms with van der Waals surface area (Å²) in [6, 6.07) is 17.0. The van der Waals surface area contributed by atoms with Crippen LogP contribution in [0.25, 0.3) is 0 Å². The van der Waals surface area contributed by atoms with Gasteiger partial charge in [-0.25, -0.2) is 0 Å². The van der Waals surface area contributed by atoms with Crippen molar-refractivity contribution < 1.29 is 5.11 Å². The van der Waals surface area contributed by atoms with Crippen LogP contribution in [0.1, 0.15) is 28.7 Å². The van der Waals surface area contributed by atoms with Gasteiger partial charge in [0.05, 0.1) is 5.60 Å². The van der Waals surface area contributed by atoms with E-state index in [9.17, 15) is 5.11 Å². The van der Waals surface area contributed by atoms with Crippen LogP contribution in [-0.2, 0) is 19.3 Å². The Bertz CT molecular complexity index is 570. The maximum absolute atomic E-state index is 10.8. The van der Waals surface area contributed by atoms with Gasteiger partial charge >= 0.3 is 0 Å². The molecule has 0 aromatic heterocycles. The van der Waals surface area contributed by atoms with Crippen LogP contribution in [0.4, 0.5) is 0 Å². The summed E-state index contributed by atoms with van der Waals surface area (Å²) in [5, 5.41) is 10.8. The standard InChI is InChI=1S/C18H20O/c1-14-6-8-15(9-7-14)12-18(19)11-10-16-4-2-3-5-17(16)13-18/h2-9,19H,10-13H2,1H3. The molecule has 1 nitrogen and oxygen atoms in total. The third-order valence-electron chi connectivity index (χ3n) is 4.15. The lowest BCUT2D eigenvalue weighted by atomic mass is 9.77. The summed E-state index contributed by atoms with van der Waals surface area (Å²) in [6.45, 7) is 2.09. The lowest BCUT2D eigenvalue weighted by Gasteiger charge is -2.33. The highest BCUT2D eigenvalue weighted by molar-refractivity contribution is 5.33. The number of fused-ring (bicyclic) bond motifs is 1. The predicted molar refractivity (Wildman–Crippen MR) is 78.3 cm³/mol. The maximum atomic E-state index is 10.8. The second-order valence-electron chi connectivity index (χ2n) is 5.83. The molecule has 98 valence electrons. The minimum absolute atomic E-state index is 0.580. The normalized spacial score (nSPS) is 22.0. The average molecular weight is 252 g/mol. The molecule has 1 aliphatic carbocycles. The van der Waals surface area contributed by atoms with Crippen LogP contribution in [0.3, 0.4) is 0 Å². The summed E-state index contributed by atoms with van der Waals surface area (Å²) in [6.07, 6.45) is 3.37. The SMILES string of the molecule is Cc1ccc(CC2(O)CCc3ccccc3C2)cc1. The maximum Gasteiger partial charge on any atom is 0.0731 e. The van der Waals surface area contributed by atoms with Crippen LogP contribution in [0.15, 0.2) is 48.5 Å². The highest BCUT2D eigenvalue weighted by atomic mass is 16.3. The molecule has 0 saturated heterocycles. The predicted octanol–water partition coefficient (Wildman–Crippen LogP) is 3.46. The third kappa shape index (κ3) is 2.71. The van der Waals surface area contributed by atoms with Gasteiger partial charge in [0.25, 0.3) is 0 Å². The van der Waals surface area contributed by atoms with E-state index in [-0.39, 0.29) is 0 Å². The molecular weight excluding hydrogens is 232 g/mol. The Morgan fingerprint density at radius 1 is 1.00 bits per heavy atom. The lowest BCUT2D eigenvalue weighted by molar-refractivity contribution is 0.0267. The average Bonchev–Trinajstić information content (AvgIpc) is 2.41. The van der Waals surface area contributed by atoms with E-state index in [1.54, 1.807) is 0 Å². The van der Waals surface area contributed by atoms with Gasteiger partial charge in [0.2, 0.25) is 0 Å². The Kier molecular flexibility index (Phi) is 3.16. The fraction of sp³-hybridized carbons (Fsp3) is 0.333. The molecule has 0 bridgehead atoms. The molecule has 3 rings (SSSR count). The molecule has 0 saturated carbocycles. The van der Waals surface area contributed by atoms with Gasteiger partial charge < -0.3 is 5.11 Å². The molecule has 0 amide bonds. The summed E-state index contributed by atoms with van der Waals surface area (Å²) in [5.41, 5.74) is 4.63. The molecule has 2 aromatic carbocycles. The molecular formula is C18H20O. The number of rotatable bonds is 2. The smallest absolute Gasteiger partial charge is 0.0731 e. The molecule has 1 atom stereocenters. The molecule has 0 aliphatic heterocycles. The number of hydrogen-bond acceptors (Lipinski definition) is 1. The van der Waals surface area contributed by atoms with Crippen LogP contribution in [-0.4, -0.2) is 10.7 Å². The molecule has 1 heteroatoms. The van der Waals surface area contributed by atoms with Crippen molar-refractivity contribution in [1.82, 2.24) is 0 Å². The van der Waals surface area contributed by atoms with Crippen molar-refractivity contribution in [1.29, 1.82) is 0 Å². The van der Waals surface area contributed by atoms with Gasteiger partial charge in [0, 0.05) is 12.8 Å². The van der Waals surface area contributed by atoms with Crippen molar-refractivity contribution in [2.75, 3.05) is 0 Å². The van der Waals surface area contributed by atoms with Gasteiger partial charge in [0.15, 0.2) is 0 Å². The summed E-state index contributed by atoms with van der Waals surface area (Å²) in [7, 11) is 0. The van der Waals surface area contributed by atoms with E-state index in [1.807, 2.05) is 0 Å². The third-order valence-corrected chi connectivity index (χ3v) is 4.15. The first-order valence-corrected chi connectivity index (χ1v) is 6.99. The Hall–Kier alpha value is -1.60. The van der Waals surface area contributed by atoms with Gasteiger partial charge in [-0.05, 0) is 36.5 Å². The molecule has 1 aliphatic rings. The zero-order chi connectivity index (χ0) is 13.3. The minimum Gasteiger partial charge on any atom is -0.389 e. The zero-order valence-electron chi connectivity index (χ0n) is 11.4. The zero-order valence-corrected chi connectivity index (χ0v) is 11.4. The second-order valence-corrected chi connectivity index (χ2v) is 5.83. The number of aliphatic hydroxyl groups is 1. The first kappa shape index (κ1) is 12.4. The fourth-order valence-corrected chi connectivity index (χ4v) is 3.02. The Morgan fingerprint density at radius 2 is 1.68 bits per heavy atom. The van der Waals surface area contributed by atoms with Crippen molar-refractivity contribution in [3.8, 4) is 0 Å². The molecule has 19 heavy (non-hydrogen) atoms. The second kappa shape index (κ2) is 4.82. The fourth-order valence-electron chi connectivity index (χ4n) is 3.02. The quantitative estimate of drug-likeness (QED) is 0.868. The molecule has 1 N–H and O–H groups in total. The number of benzene rings is 2. The van der Waals surface area contributed by atoms with E-state index in [1.165, 1.54) is 22.3 Å². The number of aryl methyl sites for hydroxylation is 2. The summed E-state index contributed by atoms with van der Waals surface area (Å²) >= 11 is 0. The Morgan fingerprint density at radius 3 is 2.42 bits per heavy atom. The highest BCUT2D eigenvalue weighted by Crippen LogP contribution is 2.31. The van der Waals surface area contributed by atoms with Gasteiger partial charge in [0.1, 0.15) is 0 Å². The summed E-state index contributed by atoms with van der Waals surface area (Å²) in [5.74, 6) is 0. The molecule has 2 aromatic rings. The van der Waals surface area contributed by atoms with Crippen molar-refractivity contribution in [3.05, 3.63) is 70.8 Å². The summed E-state index contributed by atoms with van der Waals surface area (Å²) in [4.78, 5) is 0. The molecule has 0 spiro atoms. The Labute approximate surface area is 114 Å². The first-order chi connectivity index (χ1) is 9.15. The lowest BCUT2D eigenvalue weighted by Crippen LogP contribution is -2.38. The van der Waals surface area contributed by atoms with E-state index in [4.69, 9.17) is 0 Å².